The third kappa shape index (κ3) is 4.89. The minimum atomic E-state index is -4.46. The van der Waals surface area contributed by atoms with Gasteiger partial charge in [-0.3, -0.25) is 0 Å². The van der Waals surface area contributed by atoms with Crippen molar-refractivity contribution in [2.45, 2.75) is 26.9 Å². The van der Waals surface area contributed by atoms with E-state index in [-0.39, 0.29) is 12.4 Å². The third-order valence-electron chi connectivity index (χ3n) is 3.77. The van der Waals surface area contributed by atoms with Gasteiger partial charge in [-0.05, 0) is 55.7 Å². The highest BCUT2D eigenvalue weighted by Crippen LogP contribution is 2.30. The zero-order valence-corrected chi connectivity index (χ0v) is 14.1. The van der Waals surface area contributed by atoms with Crippen LogP contribution in [0.15, 0.2) is 36.4 Å². The first-order chi connectivity index (χ1) is 11.7. The van der Waals surface area contributed by atoms with Gasteiger partial charge in [-0.15, -0.1) is 0 Å². The van der Waals surface area contributed by atoms with Crippen LogP contribution in [0.5, 0.6) is 5.75 Å². The minimum absolute atomic E-state index is 0.0511. The van der Waals surface area contributed by atoms with Crippen LogP contribution < -0.4 is 15.4 Å². The van der Waals surface area contributed by atoms with Crippen LogP contribution in [0.3, 0.4) is 0 Å². The van der Waals surface area contributed by atoms with E-state index < -0.39 is 17.8 Å². The molecule has 0 spiro atoms. The van der Waals surface area contributed by atoms with Gasteiger partial charge < -0.3 is 15.4 Å². The van der Waals surface area contributed by atoms with E-state index in [4.69, 9.17) is 4.74 Å². The number of amides is 2. The molecule has 7 heteroatoms. The van der Waals surface area contributed by atoms with Gasteiger partial charge in [0.15, 0.2) is 6.73 Å². The highest BCUT2D eigenvalue weighted by molar-refractivity contribution is 5.89. The van der Waals surface area contributed by atoms with Crippen molar-refractivity contribution in [3.05, 3.63) is 58.7 Å². The molecular weight excluding hydrogens is 333 g/mol. The van der Waals surface area contributed by atoms with E-state index in [1.54, 1.807) is 0 Å². The van der Waals surface area contributed by atoms with Crippen molar-refractivity contribution in [2.24, 2.45) is 0 Å². The largest absolute Gasteiger partial charge is 0.473 e. The number of alkyl halides is 3. The molecule has 2 rings (SSSR count). The highest BCUT2D eigenvalue weighted by atomic mass is 19.4. The molecule has 2 aromatic rings. The second kappa shape index (κ2) is 7.46. The van der Waals surface area contributed by atoms with E-state index in [1.165, 1.54) is 12.1 Å². The summed E-state index contributed by atoms with van der Waals surface area (Å²) >= 11 is 0. The average molecular weight is 352 g/mol. The third-order valence-corrected chi connectivity index (χ3v) is 3.77. The number of ether oxygens (including phenoxy) is 1. The fourth-order valence-electron chi connectivity index (χ4n) is 2.27. The van der Waals surface area contributed by atoms with E-state index in [0.29, 0.717) is 5.75 Å². The van der Waals surface area contributed by atoms with Crippen molar-refractivity contribution in [1.82, 2.24) is 5.32 Å². The Morgan fingerprint density at radius 1 is 1.08 bits per heavy atom. The molecule has 0 bridgehead atoms. The lowest BCUT2D eigenvalue weighted by molar-refractivity contribution is -0.137. The van der Waals surface area contributed by atoms with Crippen LogP contribution in [0.1, 0.15) is 22.3 Å². The summed E-state index contributed by atoms with van der Waals surface area (Å²) in [5.41, 5.74) is 2.19. The van der Waals surface area contributed by atoms with Crippen LogP contribution in [0, 0.1) is 20.8 Å². The van der Waals surface area contributed by atoms with Gasteiger partial charge in [0.2, 0.25) is 0 Å². The quantitative estimate of drug-likeness (QED) is 0.778. The molecule has 2 N–H and O–H groups in total. The number of urea groups is 1. The lowest BCUT2D eigenvalue weighted by Gasteiger charge is -2.15. The molecule has 25 heavy (non-hydrogen) atoms. The molecule has 2 aromatic carbocycles. The molecule has 0 aliphatic carbocycles. The molecule has 0 aromatic heterocycles. The summed E-state index contributed by atoms with van der Waals surface area (Å²) in [4.78, 5) is 11.8. The first-order valence-electron chi connectivity index (χ1n) is 7.60. The number of nitrogens with one attached hydrogen (secondary N) is 2. The minimum Gasteiger partial charge on any atom is -0.473 e. The number of halogens is 3. The van der Waals surface area contributed by atoms with Gasteiger partial charge in [0.1, 0.15) is 5.75 Å². The van der Waals surface area contributed by atoms with Crippen LogP contribution in [0.25, 0.3) is 0 Å². The fourth-order valence-corrected chi connectivity index (χ4v) is 2.27. The second-order valence-corrected chi connectivity index (χ2v) is 5.65. The zero-order valence-electron chi connectivity index (χ0n) is 14.1. The van der Waals surface area contributed by atoms with Gasteiger partial charge in [0.05, 0.1) is 5.56 Å². The monoisotopic (exact) mass is 352 g/mol. The number of anilines is 1. The first-order valence-corrected chi connectivity index (χ1v) is 7.60. The topological polar surface area (TPSA) is 50.4 Å². The summed E-state index contributed by atoms with van der Waals surface area (Å²) in [6.45, 7) is 5.66. The SMILES string of the molecule is Cc1ccc(C)c(OCNC(=O)Nc2cccc(C(F)(F)F)c2)c1C. The standard InChI is InChI=1S/C18H19F3N2O2/c1-11-7-8-12(2)16(13(11)3)25-10-22-17(24)23-15-6-4-5-14(9-15)18(19,20)21/h4-9H,10H2,1-3H3,(H2,22,23,24). The molecule has 0 heterocycles. The van der Waals surface area contributed by atoms with Crippen molar-refractivity contribution in [2.75, 3.05) is 12.0 Å². The average Bonchev–Trinajstić information content (AvgIpc) is 2.54. The van der Waals surface area contributed by atoms with Crippen molar-refractivity contribution in [3.8, 4) is 5.75 Å². The van der Waals surface area contributed by atoms with E-state index >= 15 is 0 Å². The first kappa shape index (κ1) is 18.6. The van der Waals surface area contributed by atoms with Crippen LogP contribution in [0.4, 0.5) is 23.7 Å². The van der Waals surface area contributed by atoms with Gasteiger partial charge in [0, 0.05) is 5.69 Å². The second-order valence-electron chi connectivity index (χ2n) is 5.65. The van der Waals surface area contributed by atoms with Gasteiger partial charge in [-0.25, -0.2) is 4.79 Å². The Labute approximate surface area is 144 Å². The molecule has 0 saturated heterocycles. The lowest BCUT2D eigenvalue weighted by atomic mass is 10.1. The fraction of sp³-hybridized carbons (Fsp3) is 0.278. The van der Waals surface area contributed by atoms with Gasteiger partial charge in [0.25, 0.3) is 0 Å². The number of carbonyl (C=O) groups is 1. The van der Waals surface area contributed by atoms with Crippen molar-refractivity contribution < 1.29 is 22.7 Å². The maximum atomic E-state index is 12.7. The van der Waals surface area contributed by atoms with E-state index in [9.17, 15) is 18.0 Å². The Bertz CT molecular complexity index is 773. The van der Waals surface area contributed by atoms with Crippen molar-refractivity contribution in [1.29, 1.82) is 0 Å². The van der Waals surface area contributed by atoms with E-state index in [0.717, 1.165) is 28.8 Å². The molecular formula is C18H19F3N2O2. The van der Waals surface area contributed by atoms with Gasteiger partial charge in [-0.2, -0.15) is 13.2 Å². The number of benzene rings is 2. The molecule has 0 radical (unpaired) electrons. The smallest absolute Gasteiger partial charge is 0.416 e. The maximum Gasteiger partial charge on any atom is 0.416 e. The maximum absolute atomic E-state index is 12.7. The van der Waals surface area contributed by atoms with Crippen molar-refractivity contribution in [3.63, 3.8) is 0 Å². The molecule has 2 amide bonds. The summed E-state index contributed by atoms with van der Waals surface area (Å²) in [6, 6.07) is 7.66. The number of aryl methyl sites for hydroxylation is 2. The number of carbonyl (C=O) groups excluding carboxylic acids is 1. The molecule has 0 fully saturated rings. The predicted octanol–water partition coefficient (Wildman–Crippen LogP) is 4.79. The van der Waals surface area contributed by atoms with Crippen LogP contribution in [-0.2, 0) is 6.18 Å². The Kier molecular flexibility index (Phi) is 5.56. The van der Waals surface area contributed by atoms with Crippen LogP contribution in [0.2, 0.25) is 0 Å². The van der Waals surface area contributed by atoms with Crippen molar-refractivity contribution >= 4 is 11.7 Å². The summed E-state index contributed by atoms with van der Waals surface area (Å²) in [5, 5.41) is 4.81. The Morgan fingerprint density at radius 2 is 1.76 bits per heavy atom. The molecule has 0 saturated carbocycles. The van der Waals surface area contributed by atoms with Crippen LogP contribution in [-0.4, -0.2) is 12.8 Å². The molecule has 0 unspecified atom stereocenters. The summed E-state index contributed by atoms with van der Waals surface area (Å²) in [7, 11) is 0. The number of rotatable bonds is 4. The summed E-state index contributed by atoms with van der Waals surface area (Å²) < 4.78 is 43.5. The van der Waals surface area contributed by atoms with E-state index in [2.05, 4.69) is 10.6 Å². The Hall–Kier alpha value is -2.70. The molecule has 134 valence electrons. The Morgan fingerprint density at radius 3 is 2.44 bits per heavy atom. The number of hydrogen-bond donors (Lipinski definition) is 2. The summed E-state index contributed by atoms with van der Waals surface area (Å²) in [5.74, 6) is 0.680. The van der Waals surface area contributed by atoms with Gasteiger partial charge in [-0.1, -0.05) is 18.2 Å². The molecule has 0 aliphatic rings. The molecule has 0 atom stereocenters. The zero-order chi connectivity index (χ0) is 18.6. The highest BCUT2D eigenvalue weighted by Gasteiger charge is 2.30. The summed E-state index contributed by atoms with van der Waals surface area (Å²) in [6.07, 6.45) is -4.46. The number of hydrogen-bond acceptors (Lipinski definition) is 2. The molecule has 0 aliphatic heterocycles. The lowest BCUT2D eigenvalue weighted by Crippen LogP contribution is -2.32. The van der Waals surface area contributed by atoms with Crippen LogP contribution >= 0.6 is 0 Å². The van der Waals surface area contributed by atoms with Gasteiger partial charge >= 0.3 is 12.2 Å². The van der Waals surface area contributed by atoms with E-state index in [1.807, 2.05) is 32.9 Å². The normalized spacial score (nSPS) is 11.1. The Balaban J connectivity index is 1.93. The predicted molar refractivity (Wildman–Crippen MR) is 89.7 cm³/mol. The molecule has 4 nitrogen and oxygen atoms in total.